The number of ether oxygens (including phenoxy) is 3. The smallest absolute Gasteiger partial charge is 0.268 e. The molecule has 0 radical (unpaired) electrons. The fourth-order valence-electron chi connectivity index (χ4n) is 3.33. The van der Waals surface area contributed by atoms with Crippen molar-refractivity contribution >= 4 is 44.4 Å². The second-order valence-electron chi connectivity index (χ2n) is 7.71. The average Bonchev–Trinajstić information content (AvgIpc) is 3.33. The number of hydrogen-bond donors (Lipinski definition) is 1. The van der Waals surface area contributed by atoms with Crippen molar-refractivity contribution in [3.05, 3.63) is 75.2 Å². The molecule has 0 aliphatic carbocycles. The van der Waals surface area contributed by atoms with Gasteiger partial charge in [-0.15, -0.1) is 16.8 Å². The largest absolute Gasteiger partial charge is 0.493 e. The fraction of sp³-hybridized carbons (Fsp3) is 0.259. The summed E-state index contributed by atoms with van der Waals surface area (Å²) in [5.41, 5.74) is 1.56. The predicted octanol–water partition coefficient (Wildman–Crippen LogP) is 5.99. The van der Waals surface area contributed by atoms with Gasteiger partial charge in [0.05, 0.1) is 11.6 Å². The lowest BCUT2D eigenvalue weighted by atomic mass is 10.1. The molecule has 0 unspecified atom stereocenters. The Hall–Kier alpha value is -3.68. The minimum absolute atomic E-state index is 0.0820. The number of anilines is 1. The van der Waals surface area contributed by atoms with Gasteiger partial charge in [0.15, 0.2) is 11.5 Å². The first-order chi connectivity index (χ1) is 18.0. The molecule has 0 spiro atoms. The molecule has 192 valence electrons. The van der Waals surface area contributed by atoms with Gasteiger partial charge in [0.1, 0.15) is 35.6 Å². The van der Waals surface area contributed by atoms with Crippen LogP contribution in [0, 0.1) is 11.3 Å². The maximum absolute atomic E-state index is 12.6. The van der Waals surface area contributed by atoms with E-state index in [2.05, 4.69) is 38.0 Å². The number of methoxy groups -OCH3 is 1. The van der Waals surface area contributed by atoms with Crippen molar-refractivity contribution in [1.82, 2.24) is 10.2 Å². The minimum atomic E-state index is -0.564. The number of halogens is 1. The van der Waals surface area contributed by atoms with Crippen LogP contribution in [0.15, 0.2) is 59.1 Å². The molecule has 37 heavy (non-hydrogen) atoms. The Balaban J connectivity index is 1.67. The molecular formula is C27H27BrN4O4S. The monoisotopic (exact) mass is 582 g/mol. The van der Waals surface area contributed by atoms with Crippen LogP contribution in [0.5, 0.6) is 17.2 Å². The van der Waals surface area contributed by atoms with E-state index in [0.29, 0.717) is 39.7 Å². The van der Waals surface area contributed by atoms with E-state index in [1.807, 2.05) is 43.3 Å². The Bertz CT molecular complexity index is 1320. The summed E-state index contributed by atoms with van der Waals surface area (Å²) in [6.07, 6.45) is 5.73. The van der Waals surface area contributed by atoms with Gasteiger partial charge < -0.3 is 14.2 Å². The van der Waals surface area contributed by atoms with Crippen LogP contribution in [0.3, 0.4) is 0 Å². The first-order valence-electron chi connectivity index (χ1n) is 11.6. The number of hydrogen-bond acceptors (Lipinski definition) is 8. The van der Waals surface area contributed by atoms with E-state index in [4.69, 9.17) is 14.2 Å². The molecule has 0 atom stereocenters. The Labute approximate surface area is 228 Å². The molecule has 0 bridgehead atoms. The summed E-state index contributed by atoms with van der Waals surface area (Å²) in [4.78, 5) is 12.6. The van der Waals surface area contributed by atoms with Gasteiger partial charge in [-0.05, 0) is 64.2 Å². The van der Waals surface area contributed by atoms with Gasteiger partial charge in [-0.2, -0.15) is 5.26 Å². The Morgan fingerprint density at radius 1 is 1.22 bits per heavy atom. The van der Waals surface area contributed by atoms with E-state index in [1.54, 1.807) is 12.1 Å². The second kappa shape index (κ2) is 14.2. The highest BCUT2D eigenvalue weighted by Gasteiger charge is 2.16. The lowest BCUT2D eigenvalue weighted by Crippen LogP contribution is -2.13. The molecule has 0 saturated heterocycles. The van der Waals surface area contributed by atoms with Gasteiger partial charge in [0, 0.05) is 6.42 Å². The SMILES string of the molecule is C=CCc1ccccc1OCCOc1c(Br)cc(C=C(C#N)C(=O)Nc2nnc(CCC)s2)cc1OC. The first-order valence-corrected chi connectivity index (χ1v) is 13.2. The van der Waals surface area contributed by atoms with E-state index < -0.39 is 5.91 Å². The topological polar surface area (TPSA) is 106 Å². The molecule has 1 amide bonds. The molecule has 1 heterocycles. The fourth-order valence-corrected chi connectivity index (χ4v) is 4.74. The highest BCUT2D eigenvalue weighted by atomic mass is 79.9. The number of carbonyl (C=O) groups excluding carboxylic acids is 1. The van der Waals surface area contributed by atoms with Crippen LogP contribution in [0.4, 0.5) is 5.13 Å². The third kappa shape index (κ3) is 7.90. The molecule has 1 aromatic heterocycles. The minimum Gasteiger partial charge on any atom is -0.493 e. The van der Waals surface area contributed by atoms with Gasteiger partial charge in [-0.1, -0.05) is 42.5 Å². The molecule has 3 rings (SSSR count). The average molecular weight is 584 g/mol. The van der Waals surface area contributed by atoms with Crippen LogP contribution >= 0.6 is 27.3 Å². The van der Waals surface area contributed by atoms with Gasteiger partial charge in [0.25, 0.3) is 5.91 Å². The van der Waals surface area contributed by atoms with Crippen LogP contribution in [-0.4, -0.2) is 36.4 Å². The zero-order valence-electron chi connectivity index (χ0n) is 20.6. The number of benzene rings is 2. The van der Waals surface area contributed by atoms with Crippen LogP contribution in [0.2, 0.25) is 0 Å². The molecule has 0 aliphatic heterocycles. The summed E-state index contributed by atoms with van der Waals surface area (Å²) >= 11 is 4.79. The maximum atomic E-state index is 12.6. The summed E-state index contributed by atoms with van der Waals surface area (Å²) in [6, 6.07) is 13.2. The van der Waals surface area contributed by atoms with E-state index >= 15 is 0 Å². The summed E-state index contributed by atoms with van der Waals surface area (Å²) < 4.78 is 17.9. The summed E-state index contributed by atoms with van der Waals surface area (Å²) in [6.45, 7) is 6.43. The molecule has 2 aromatic carbocycles. The quantitative estimate of drug-likeness (QED) is 0.114. The molecule has 0 saturated carbocycles. The maximum Gasteiger partial charge on any atom is 0.268 e. The molecular weight excluding hydrogens is 556 g/mol. The number of aryl methyl sites for hydroxylation is 1. The van der Waals surface area contributed by atoms with Crippen molar-refractivity contribution in [2.45, 2.75) is 26.2 Å². The molecule has 8 nitrogen and oxygen atoms in total. The van der Waals surface area contributed by atoms with E-state index in [-0.39, 0.29) is 12.2 Å². The number of para-hydroxylation sites is 1. The van der Waals surface area contributed by atoms with Crippen LogP contribution in [-0.2, 0) is 17.6 Å². The van der Waals surface area contributed by atoms with Crippen molar-refractivity contribution in [2.75, 3.05) is 25.6 Å². The second-order valence-corrected chi connectivity index (χ2v) is 9.62. The number of nitriles is 1. The molecule has 1 N–H and O–H groups in total. The number of nitrogens with one attached hydrogen (secondary N) is 1. The summed E-state index contributed by atoms with van der Waals surface area (Å²) in [5.74, 6) is 1.16. The Kier molecular flexibility index (Phi) is 10.7. The number of aromatic nitrogens is 2. The zero-order chi connectivity index (χ0) is 26.6. The van der Waals surface area contributed by atoms with Gasteiger partial charge in [-0.3, -0.25) is 10.1 Å². The standard InChI is InChI=1S/C27H27BrN4O4S/c1-4-8-19-10-6-7-11-22(19)35-12-13-36-25-21(28)15-18(16-23(25)34-3)14-20(17-29)26(33)30-27-32-31-24(37-27)9-5-2/h4,6-7,10-11,14-16H,1,5,8-9,12-13H2,2-3H3,(H,30,32,33). The lowest BCUT2D eigenvalue weighted by molar-refractivity contribution is -0.112. The normalized spacial score (nSPS) is 10.9. The molecule has 0 fully saturated rings. The van der Waals surface area contributed by atoms with Gasteiger partial charge in [-0.25, -0.2) is 0 Å². The summed E-state index contributed by atoms with van der Waals surface area (Å²) in [7, 11) is 1.52. The number of nitrogens with zero attached hydrogens (tertiary/aromatic N) is 3. The van der Waals surface area contributed by atoms with Crippen molar-refractivity contribution in [1.29, 1.82) is 5.26 Å². The number of carbonyl (C=O) groups is 1. The predicted molar refractivity (Wildman–Crippen MR) is 148 cm³/mol. The Morgan fingerprint density at radius 2 is 2.00 bits per heavy atom. The van der Waals surface area contributed by atoms with Crippen molar-refractivity contribution in [3.8, 4) is 23.3 Å². The molecule has 10 heteroatoms. The summed E-state index contributed by atoms with van der Waals surface area (Å²) in [5, 5.41) is 21.4. The van der Waals surface area contributed by atoms with Gasteiger partial charge >= 0.3 is 0 Å². The molecule has 3 aromatic rings. The first kappa shape index (κ1) is 27.9. The van der Waals surface area contributed by atoms with Crippen molar-refractivity contribution in [2.24, 2.45) is 0 Å². The third-order valence-electron chi connectivity index (χ3n) is 5.00. The van der Waals surface area contributed by atoms with E-state index in [9.17, 15) is 10.1 Å². The van der Waals surface area contributed by atoms with Crippen LogP contribution in [0.1, 0.15) is 29.5 Å². The van der Waals surface area contributed by atoms with Crippen LogP contribution < -0.4 is 19.5 Å². The highest BCUT2D eigenvalue weighted by Crippen LogP contribution is 2.37. The zero-order valence-corrected chi connectivity index (χ0v) is 23.0. The Morgan fingerprint density at radius 3 is 2.73 bits per heavy atom. The number of amides is 1. The lowest BCUT2D eigenvalue weighted by Gasteiger charge is -2.15. The van der Waals surface area contributed by atoms with Crippen molar-refractivity contribution in [3.63, 3.8) is 0 Å². The molecule has 0 aliphatic rings. The van der Waals surface area contributed by atoms with E-state index in [0.717, 1.165) is 29.2 Å². The van der Waals surface area contributed by atoms with Gasteiger partial charge in [0.2, 0.25) is 5.13 Å². The van der Waals surface area contributed by atoms with Crippen molar-refractivity contribution < 1.29 is 19.0 Å². The third-order valence-corrected chi connectivity index (χ3v) is 6.49. The highest BCUT2D eigenvalue weighted by molar-refractivity contribution is 9.10. The number of allylic oxidation sites excluding steroid dienone is 1. The van der Waals surface area contributed by atoms with E-state index in [1.165, 1.54) is 24.5 Å². The number of rotatable bonds is 13. The van der Waals surface area contributed by atoms with Crippen LogP contribution in [0.25, 0.3) is 6.08 Å².